The fourth-order valence-corrected chi connectivity index (χ4v) is 8.30. The molecule has 1 spiro atoms. The highest BCUT2D eigenvalue weighted by molar-refractivity contribution is 5.93. The summed E-state index contributed by atoms with van der Waals surface area (Å²) < 4.78 is 7.35. The van der Waals surface area contributed by atoms with Crippen molar-refractivity contribution in [1.29, 1.82) is 0 Å². The van der Waals surface area contributed by atoms with E-state index < -0.39 is 5.60 Å². The van der Waals surface area contributed by atoms with Crippen molar-refractivity contribution >= 4 is 28.6 Å². The average molecular weight is 611 g/mol. The number of hydrogen-bond acceptors (Lipinski definition) is 5. The Balaban J connectivity index is 1.33. The molecule has 0 atom stereocenters. The van der Waals surface area contributed by atoms with Gasteiger partial charge in [0, 0.05) is 79.4 Å². The van der Waals surface area contributed by atoms with Crippen molar-refractivity contribution in [1.82, 2.24) is 0 Å². The normalized spacial score (nSPS) is 18.0. The Morgan fingerprint density at radius 3 is 1.78 bits per heavy atom. The zero-order chi connectivity index (χ0) is 31.1. The van der Waals surface area contributed by atoms with Crippen LogP contribution in [0.2, 0.25) is 0 Å². The van der Waals surface area contributed by atoms with E-state index in [4.69, 9.17) is 9.73 Å². The zero-order valence-electron chi connectivity index (χ0n) is 27.5. The van der Waals surface area contributed by atoms with Gasteiger partial charge in [0.15, 0.2) is 11.5 Å². The topological polar surface area (TPSA) is 31.3 Å². The molecule has 0 bridgehead atoms. The second-order valence-electron chi connectivity index (χ2n) is 13.4. The number of piperidine rings is 2. The molecule has 5 nitrogen and oxygen atoms in total. The number of rotatable bonds is 7. The Morgan fingerprint density at radius 2 is 1.22 bits per heavy atom. The van der Waals surface area contributed by atoms with Crippen LogP contribution in [0.5, 0.6) is 0 Å². The van der Waals surface area contributed by atoms with Crippen LogP contribution in [-0.2, 0) is 16.8 Å². The minimum Gasteiger partial charge on any atom is -0.459 e. The molecular weight excluding hydrogens is 564 g/mol. The summed E-state index contributed by atoms with van der Waals surface area (Å²) in [4.78, 5) is 12.8. The van der Waals surface area contributed by atoms with Gasteiger partial charge in [-0.2, -0.15) is 0 Å². The molecule has 0 aromatic heterocycles. The summed E-state index contributed by atoms with van der Waals surface area (Å²) in [6, 6.07) is 31.8. The Kier molecular flexibility index (Phi) is 7.72. The van der Waals surface area contributed by atoms with Crippen LogP contribution in [0.25, 0.3) is 11.1 Å². The molecule has 0 N–H and O–H groups in total. The van der Waals surface area contributed by atoms with Crippen LogP contribution < -0.4 is 14.7 Å². The summed E-state index contributed by atoms with van der Waals surface area (Å²) in [5.74, 6) is 0.773. The van der Waals surface area contributed by atoms with Crippen molar-refractivity contribution in [3.8, 4) is 11.1 Å². The maximum absolute atomic E-state index is 7.35. The van der Waals surface area contributed by atoms with E-state index in [1.165, 1.54) is 83.4 Å². The van der Waals surface area contributed by atoms with Crippen LogP contribution in [0.15, 0.2) is 89.9 Å². The highest BCUT2D eigenvalue weighted by atomic mass is 16.5. The van der Waals surface area contributed by atoms with Gasteiger partial charge in [-0.1, -0.05) is 48.5 Å². The molecule has 0 unspecified atom stereocenters. The molecule has 2 fully saturated rings. The summed E-state index contributed by atoms with van der Waals surface area (Å²) in [6.07, 6.45) is 8.37. The molecule has 2 saturated heterocycles. The predicted octanol–water partition coefficient (Wildman–Crippen LogP) is 9.09. The average Bonchev–Trinajstić information content (AvgIpc) is 3.38. The lowest BCUT2D eigenvalue weighted by Gasteiger charge is -2.38. The first-order chi connectivity index (χ1) is 22.7. The number of nitrogens with zero attached hydrogens (tertiary/aromatic N) is 4. The van der Waals surface area contributed by atoms with Crippen LogP contribution in [0.1, 0.15) is 74.6 Å². The van der Waals surface area contributed by atoms with E-state index in [1.807, 2.05) is 0 Å². The van der Waals surface area contributed by atoms with E-state index in [0.717, 1.165) is 56.4 Å². The fraction of sp³-hybridized carbons (Fsp3) is 0.390. The smallest absolute Gasteiger partial charge is 0.194 e. The minimum absolute atomic E-state index is 0.653. The summed E-state index contributed by atoms with van der Waals surface area (Å²) in [6.45, 7) is 10.9. The number of fused-ring (bicyclic) bond motifs is 7. The van der Waals surface area contributed by atoms with Gasteiger partial charge in [0.25, 0.3) is 0 Å². The van der Waals surface area contributed by atoms with Crippen LogP contribution >= 0.6 is 0 Å². The van der Waals surface area contributed by atoms with E-state index in [0.29, 0.717) is 6.42 Å². The Hall–Kier alpha value is -4.25. The van der Waals surface area contributed by atoms with Crippen molar-refractivity contribution in [2.75, 3.05) is 54.0 Å². The number of aliphatic imine (C=N–C) groups is 1. The summed E-state index contributed by atoms with van der Waals surface area (Å²) in [5, 5.41) is 0. The third kappa shape index (κ3) is 4.96. The van der Waals surface area contributed by atoms with Crippen molar-refractivity contribution in [2.24, 2.45) is 4.99 Å². The van der Waals surface area contributed by atoms with Crippen molar-refractivity contribution in [3.63, 3.8) is 0 Å². The molecule has 4 aromatic carbocycles. The fourth-order valence-electron chi connectivity index (χ4n) is 8.30. The summed E-state index contributed by atoms with van der Waals surface area (Å²) >= 11 is 0. The number of ether oxygens (including phenoxy) is 1. The van der Waals surface area contributed by atoms with Crippen LogP contribution in [-0.4, -0.2) is 45.2 Å². The van der Waals surface area contributed by atoms with E-state index in [2.05, 4.69) is 113 Å². The Labute approximate surface area is 274 Å². The maximum atomic E-state index is 7.35. The molecule has 46 heavy (non-hydrogen) atoms. The number of benzene rings is 4. The van der Waals surface area contributed by atoms with Gasteiger partial charge in [0.05, 0.1) is 5.69 Å². The lowest BCUT2D eigenvalue weighted by atomic mass is 9.81. The Morgan fingerprint density at radius 1 is 0.652 bits per heavy atom. The van der Waals surface area contributed by atoms with E-state index >= 15 is 0 Å². The van der Waals surface area contributed by atoms with Gasteiger partial charge in [-0.25, -0.2) is 4.99 Å². The quantitative estimate of drug-likeness (QED) is 0.209. The first-order valence-electron chi connectivity index (χ1n) is 17.7. The number of anilines is 3. The van der Waals surface area contributed by atoms with Gasteiger partial charge >= 0.3 is 0 Å². The number of hydrogen-bond donors (Lipinski definition) is 0. The zero-order valence-corrected chi connectivity index (χ0v) is 27.5. The minimum atomic E-state index is -0.755. The largest absolute Gasteiger partial charge is 0.459 e. The third-order valence-corrected chi connectivity index (χ3v) is 10.7. The van der Waals surface area contributed by atoms with E-state index in [-0.39, 0.29) is 0 Å². The summed E-state index contributed by atoms with van der Waals surface area (Å²) in [5.41, 5.74) is 11.5. The molecule has 5 heteroatoms. The lowest BCUT2D eigenvalue weighted by molar-refractivity contribution is 0.137. The monoisotopic (exact) mass is 610 g/mol. The molecule has 0 saturated carbocycles. The van der Waals surface area contributed by atoms with Crippen molar-refractivity contribution in [2.45, 2.75) is 64.4 Å². The van der Waals surface area contributed by atoms with Gasteiger partial charge in [-0.05, 0) is 105 Å². The van der Waals surface area contributed by atoms with Crippen LogP contribution in [0.4, 0.5) is 22.7 Å². The van der Waals surface area contributed by atoms with Crippen LogP contribution in [0.3, 0.4) is 0 Å². The molecular formula is C41H46N4O. The highest BCUT2D eigenvalue weighted by Crippen LogP contribution is 2.58. The van der Waals surface area contributed by atoms with Crippen molar-refractivity contribution in [3.05, 3.63) is 107 Å². The molecule has 8 rings (SSSR count). The summed E-state index contributed by atoms with van der Waals surface area (Å²) in [7, 11) is 0. The molecule has 3 heterocycles. The van der Waals surface area contributed by atoms with Gasteiger partial charge in [-0.3, -0.25) is 0 Å². The SMILES string of the molecule is CCN(CC)c1ccc2c(c1)N=C(Cc1ccccc1)OC21c2ccc(N3CCCCC3)cc2-c2cc(N3CCCCC3)ccc21. The maximum Gasteiger partial charge on any atom is 0.194 e. The molecule has 4 aromatic rings. The first kappa shape index (κ1) is 29.2. The molecule has 1 aliphatic carbocycles. The molecule has 0 amide bonds. The van der Waals surface area contributed by atoms with Gasteiger partial charge < -0.3 is 19.4 Å². The lowest BCUT2D eigenvalue weighted by Crippen LogP contribution is -2.37. The van der Waals surface area contributed by atoms with E-state index in [9.17, 15) is 0 Å². The van der Waals surface area contributed by atoms with Gasteiger partial charge in [0.2, 0.25) is 0 Å². The van der Waals surface area contributed by atoms with Gasteiger partial charge in [-0.15, -0.1) is 0 Å². The standard InChI is InChI=1S/C41H46N4O/c1-3-43(4-2)33-18-21-38-39(29-33)42-40(26-30-14-8-5-9-15-30)46-41(38)36-19-16-31(44-22-10-6-11-23-44)27-34(36)35-28-32(17-20-37(35)41)45-24-12-7-13-25-45/h5,8-9,14-21,27-29H,3-4,6-7,10-13,22-26H2,1-2H3. The third-order valence-electron chi connectivity index (χ3n) is 10.7. The molecule has 0 radical (unpaired) electrons. The first-order valence-corrected chi connectivity index (χ1v) is 17.7. The van der Waals surface area contributed by atoms with Crippen LogP contribution in [0, 0.1) is 0 Å². The second-order valence-corrected chi connectivity index (χ2v) is 13.4. The highest BCUT2D eigenvalue weighted by Gasteiger charge is 2.51. The molecule has 3 aliphatic heterocycles. The second kappa shape index (κ2) is 12.2. The van der Waals surface area contributed by atoms with Crippen molar-refractivity contribution < 1.29 is 4.74 Å². The molecule has 236 valence electrons. The predicted molar refractivity (Wildman–Crippen MR) is 192 cm³/mol. The Bertz CT molecular complexity index is 1680. The van der Waals surface area contributed by atoms with E-state index in [1.54, 1.807) is 0 Å². The molecule has 4 aliphatic rings. The van der Waals surface area contributed by atoms with Gasteiger partial charge in [0.1, 0.15) is 0 Å².